The highest BCUT2D eigenvalue weighted by Crippen LogP contribution is 2.25. The van der Waals surface area contributed by atoms with Crippen LogP contribution in [0.5, 0.6) is 23.0 Å². The minimum atomic E-state index is -0.671. The van der Waals surface area contributed by atoms with E-state index in [9.17, 15) is 18.4 Å². The van der Waals surface area contributed by atoms with Gasteiger partial charge in [0, 0.05) is 12.4 Å². The smallest absolute Gasteiger partial charge is 0.343 e. The molecule has 5 rings (SSSR count). The van der Waals surface area contributed by atoms with Crippen LogP contribution in [0.3, 0.4) is 0 Å². The molecule has 0 amide bonds. The largest absolute Gasteiger partial charge is 0.491 e. The van der Waals surface area contributed by atoms with Crippen molar-refractivity contribution in [2.75, 3.05) is 13.2 Å². The number of halogens is 2. The lowest BCUT2D eigenvalue weighted by atomic mass is 10.1. The van der Waals surface area contributed by atoms with E-state index in [4.69, 9.17) is 18.9 Å². The molecule has 0 saturated heterocycles. The van der Waals surface area contributed by atoms with Gasteiger partial charge in [-0.1, -0.05) is 160 Å². The lowest BCUT2D eigenvalue weighted by Crippen LogP contribution is -2.09. The van der Waals surface area contributed by atoms with Crippen molar-refractivity contribution < 1.29 is 37.3 Å². The maximum absolute atomic E-state index is 14.8. The maximum atomic E-state index is 14.8. The number of benzene rings is 5. The molecule has 0 fully saturated rings. The van der Waals surface area contributed by atoms with Crippen LogP contribution in [0.1, 0.15) is 187 Å². The van der Waals surface area contributed by atoms with Crippen molar-refractivity contribution in [3.05, 3.63) is 143 Å². The number of unbranched alkanes of at least 4 members (excludes halogenated alkanes) is 20. The lowest BCUT2D eigenvalue weighted by molar-refractivity contribution is 0.0724. The number of ether oxygens (including phenoxy) is 4. The molecular formula is C60H74F2N2O6. The number of hydrogen-bond acceptors (Lipinski definition) is 8. The average Bonchev–Trinajstić information content (AvgIpc) is 3.37. The third kappa shape index (κ3) is 21.2. The highest BCUT2D eigenvalue weighted by atomic mass is 19.1. The van der Waals surface area contributed by atoms with Crippen LogP contribution < -0.4 is 18.9 Å². The van der Waals surface area contributed by atoms with E-state index < -0.39 is 23.6 Å². The molecule has 0 aliphatic heterocycles. The summed E-state index contributed by atoms with van der Waals surface area (Å²) in [6, 6.07) is 29.4. The van der Waals surface area contributed by atoms with Gasteiger partial charge in [0.25, 0.3) is 0 Å². The van der Waals surface area contributed by atoms with Gasteiger partial charge >= 0.3 is 11.9 Å². The van der Waals surface area contributed by atoms with Gasteiger partial charge in [0.05, 0.1) is 35.7 Å². The van der Waals surface area contributed by atoms with Crippen LogP contribution in [0.2, 0.25) is 0 Å². The third-order valence-electron chi connectivity index (χ3n) is 12.1. The van der Waals surface area contributed by atoms with Crippen molar-refractivity contribution in [2.24, 2.45) is 9.98 Å². The molecule has 5 aromatic carbocycles. The van der Waals surface area contributed by atoms with Crippen LogP contribution in [-0.4, -0.2) is 37.6 Å². The number of esters is 2. The molecule has 0 unspecified atom stereocenters. The minimum absolute atomic E-state index is 0.0923. The number of rotatable bonds is 34. The van der Waals surface area contributed by atoms with Crippen LogP contribution in [0, 0.1) is 11.6 Å². The Labute approximate surface area is 416 Å². The highest BCUT2D eigenvalue weighted by molar-refractivity contribution is 5.92. The third-order valence-corrected chi connectivity index (χ3v) is 12.1. The Bertz CT molecular complexity index is 2190. The van der Waals surface area contributed by atoms with Crippen molar-refractivity contribution >= 4 is 35.7 Å². The highest BCUT2D eigenvalue weighted by Gasteiger charge is 2.15. The Morgan fingerprint density at radius 3 is 1.11 bits per heavy atom. The van der Waals surface area contributed by atoms with Crippen molar-refractivity contribution in [2.45, 2.75) is 155 Å². The van der Waals surface area contributed by atoms with Gasteiger partial charge < -0.3 is 18.9 Å². The normalized spacial score (nSPS) is 11.4. The van der Waals surface area contributed by atoms with Crippen LogP contribution in [0.4, 0.5) is 20.2 Å². The fourth-order valence-electron chi connectivity index (χ4n) is 7.94. The summed E-state index contributed by atoms with van der Waals surface area (Å²) in [7, 11) is 0. The molecule has 0 aromatic heterocycles. The molecular weight excluding hydrogens is 883 g/mol. The topological polar surface area (TPSA) is 95.8 Å². The molecule has 70 heavy (non-hydrogen) atoms. The van der Waals surface area contributed by atoms with E-state index in [1.54, 1.807) is 61.0 Å². The molecule has 374 valence electrons. The zero-order chi connectivity index (χ0) is 49.4. The zero-order valence-corrected chi connectivity index (χ0v) is 41.6. The number of nitrogens with zero attached hydrogens (tertiary/aromatic N) is 2. The Hall–Kier alpha value is -6.16. The quantitative estimate of drug-likeness (QED) is 0.0176. The summed E-state index contributed by atoms with van der Waals surface area (Å²) in [4.78, 5) is 34.7. The van der Waals surface area contributed by atoms with Gasteiger partial charge in [-0.2, -0.15) is 0 Å². The summed E-state index contributed by atoms with van der Waals surface area (Å²) >= 11 is 0. The van der Waals surface area contributed by atoms with Crippen LogP contribution in [0.25, 0.3) is 0 Å². The summed E-state index contributed by atoms with van der Waals surface area (Å²) in [5.74, 6) is -1.66. The summed E-state index contributed by atoms with van der Waals surface area (Å²) < 4.78 is 51.9. The van der Waals surface area contributed by atoms with Gasteiger partial charge in [-0.25, -0.2) is 18.4 Å². The first-order valence-corrected chi connectivity index (χ1v) is 26.0. The first-order valence-electron chi connectivity index (χ1n) is 26.0. The van der Waals surface area contributed by atoms with Crippen molar-refractivity contribution in [3.63, 3.8) is 0 Å². The average molecular weight is 957 g/mol. The summed E-state index contributed by atoms with van der Waals surface area (Å²) in [6.07, 6.45) is 30.5. The van der Waals surface area contributed by atoms with Crippen molar-refractivity contribution in [3.8, 4) is 23.0 Å². The van der Waals surface area contributed by atoms with E-state index in [1.165, 1.54) is 127 Å². The van der Waals surface area contributed by atoms with Crippen LogP contribution in [-0.2, 0) is 0 Å². The SMILES string of the molecule is CCCCCCCCCCCCCOc1ccc(C(=O)Oc2ccc(N=Cc3cccc(C=Nc4ccc(OC(=O)c5ccc(OCCCCCCCCCCCCC)c(F)c5)cc4)c3)cc2)cc1F. The molecule has 0 atom stereocenters. The van der Waals surface area contributed by atoms with Gasteiger partial charge in [-0.3, -0.25) is 9.98 Å². The van der Waals surface area contributed by atoms with Crippen LogP contribution in [0.15, 0.2) is 119 Å². The molecule has 0 radical (unpaired) electrons. The summed E-state index contributed by atoms with van der Waals surface area (Å²) in [5.41, 5.74) is 3.16. The van der Waals surface area contributed by atoms with Gasteiger partial charge in [0.15, 0.2) is 23.1 Å². The Morgan fingerprint density at radius 2 is 0.771 bits per heavy atom. The minimum Gasteiger partial charge on any atom is -0.491 e. The Kier molecular flexibility index (Phi) is 25.5. The number of carbonyl (C=O) groups is 2. The second-order valence-electron chi connectivity index (χ2n) is 18.0. The van der Waals surface area contributed by atoms with E-state index in [2.05, 4.69) is 23.8 Å². The van der Waals surface area contributed by atoms with E-state index in [-0.39, 0.29) is 22.6 Å². The zero-order valence-electron chi connectivity index (χ0n) is 41.6. The number of carbonyl (C=O) groups excluding carboxylic acids is 2. The fourth-order valence-corrected chi connectivity index (χ4v) is 7.94. The van der Waals surface area contributed by atoms with Crippen molar-refractivity contribution in [1.82, 2.24) is 0 Å². The molecule has 0 aliphatic carbocycles. The molecule has 10 heteroatoms. The van der Waals surface area contributed by atoms with E-state index in [0.717, 1.165) is 61.8 Å². The van der Waals surface area contributed by atoms with Gasteiger partial charge in [0.2, 0.25) is 0 Å². The van der Waals surface area contributed by atoms with E-state index >= 15 is 0 Å². The van der Waals surface area contributed by atoms with E-state index in [1.807, 2.05) is 24.3 Å². The molecule has 0 aliphatic rings. The molecule has 5 aromatic rings. The molecule has 0 spiro atoms. The van der Waals surface area contributed by atoms with Gasteiger partial charge in [-0.15, -0.1) is 0 Å². The molecule has 8 nitrogen and oxygen atoms in total. The van der Waals surface area contributed by atoms with E-state index in [0.29, 0.717) is 36.1 Å². The lowest BCUT2D eigenvalue weighted by Gasteiger charge is -2.09. The Morgan fingerprint density at radius 1 is 0.429 bits per heavy atom. The number of hydrogen-bond donors (Lipinski definition) is 0. The first-order chi connectivity index (χ1) is 34.3. The second-order valence-corrected chi connectivity index (χ2v) is 18.0. The molecule has 0 heterocycles. The predicted octanol–water partition coefficient (Wildman–Crippen LogP) is 17.3. The monoisotopic (exact) mass is 957 g/mol. The second kappa shape index (κ2) is 32.6. The summed E-state index contributed by atoms with van der Waals surface area (Å²) in [5, 5.41) is 0. The number of aliphatic imine (C=N–C) groups is 2. The standard InChI is InChI=1S/C60H74F2N2O6/c1-3-5-7-9-11-13-15-17-19-21-23-40-67-57-38-28-49(43-55(57)61)59(65)69-53-34-30-51(31-35-53)63-45-47-26-25-27-48(42-47)46-64-52-32-36-54(37-33-52)70-60(66)50-29-39-58(56(62)44-50)68-41-24-22-20-18-16-14-12-10-8-6-4-2/h25-39,42-46H,3-24,40-41H2,1-2H3. The fraction of sp³-hybridized carbons (Fsp3) is 0.433. The van der Waals surface area contributed by atoms with Crippen LogP contribution >= 0.6 is 0 Å². The molecule has 0 bridgehead atoms. The van der Waals surface area contributed by atoms with Gasteiger partial charge in [-0.05, 0) is 115 Å². The maximum Gasteiger partial charge on any atom is 0.343 e. The summed E-state index contributed by atoms with van der Waals surface area (Å²) in [6.45, 7) is 5.35. The molecule has 0 saturated carbocycles. The first kappa shape index (κ1) is 54.8. The van der Waals surface area contributed by atoms with Crippen molar-refractivity contribution in [1.29, 1.82) is 0 Å². The predicted molar refractivity (Wildman–Crippen MR) is 280 cm³/mol. The Balaban J connectivity index is 0.982. The molecule has 0 N–H and O–H groups in total. The van der Waals surface area contributed by atoms with Gasteiger partial charge in [0.1, 0.15) is 11.5 Å².